The first kappa shape index (κ1) is 20.3. The molecule has 0 aliphatic carbocycles. The molecule has 1 aromatic heterocycles. The predicted molar refractivity (Wildman–Crippen MR) is 103 cm³/mol. The van der Waals surface area contributed by atoms with E-state index >= 15 is 0 Å². The number of hydrogen-bond acceptors (Lipinski definition) is 8. The lowest BCUT2D eigenvalue weighted by Crippen LogP contribution is -2.27. The van der Waals surface area contributed by atoms with Gasteiger partial charge in [-0.1, -0.05) is 12.1 Å². The van der Waals surface area contributed by atoms with Gasteiger partial charge >= 0.3 is 5.97 Å². The Kier molecular flexibility index (Phi) is 5.83. The van der Waals surface area contributed by atoms with Crippen molar-refractivity contribution in [3.8, 4) is 5.75 Å². The number of benzene rings is 2. The molecule has 0 unspecified atom stereocenters. The van der Waals surface area contributed by atoms with Crippen LogP contribution >= 0.6 is 0 Å². The van der Waals surface area contributed by atoms with Gasteiger partial charge in [-0.25, -0.2) is 13.2 Å². The molecule has 0 spiro atoms. The third-order valence-corrected chi connectivity index (χ3v) is 5.85. The van der Waals surface area contributed by atoms with Gasteiger partial charge in [0.15, 0.2) is 6.61 Å². The van der Waals surface area contributed by atoms with Gasteiger partial charge in [0.1, 0.15) is 5.75 Å². The molecule has 1 heterocycles. The van der Waals surface area contributed by atoms with E-state index in [0.717, 1.165) is 4.31 Å². The average molecular weight is 417 g/mol. The summed E-state index contributed by atoms with van der Waals surface area (Å²) in [5, 5.41) is 7.37. The number of rotatable bonds is 7. The number of esters is 1. The molecule has 0 bridgehead atoms. The van der Waals surface area contributed by atoms with Crippen molar-refractivity contribution in [2.45, 2.75) is 18.4 Å². The average Bonchev–Trinajstić information content (AvgIpc) is 3.16. The van der Waals surface area contributed by atoms with Gasteiger partial charge < -0.3 is 13.9 Å². The van der Waals surface area contributed by atoms with Gasteiger partial charge in [-0.05, 0) is 36.4 Å². The smallest absolute Gasteiger partial charge is 0.338 e. The van der Waals surface area contributed by atoms with Gasteiger partial charge in [-0.2, -0.15) is 0 Å². The van der Waals surface area contributed by atoms with E-state index in [1.807, 2.05) is 0 Å². The van der Waals surface area contributed by atoms with Crippen LogP contribution in [0.5, 0.6) is 5.75 Å². The molecule has 0 aliphatic heterocycles. The number of hydrogen-bond donors (Lipinski definition) is 0. The molecule has 9 nitrogen and oxygen atoms in total. The van der Waals surface area contributed by atoms with Crippen LogP contribution in [0.25, 0.3) is 0 Å². The molecule has 0 N–H and O–H groups in total. The monoisotopic (exact) mass is 417 g/mol. The Balaban J connectivity index is 1.75. The third kappa shape index (κ3) is 4.37. The van der Waals surface area contributed by atoms with E-state index in [9.17, 15) is 13.2 Å². The fourth-order valence-electron chi connectivity index (χ4n) is 2.55. The molecule has 0 atom stereocenters. The van der Waals surface area contributed by atoms with E-state index < -0.39 is 16.0 Å². The van der Waals surface area contributed by atoms with Crippen molar-refractivity contribution < 1.29 is 27.1 Å². The minimum Gasteiger partial charge on any atom is -0.495 e. The molecule has 0 radical (unpaired) electrons. The van der Waals surface area contributed by atoms with E-state index in [4.69, 9.17) is 13.9 Å². The lowest BCUT2D eigenvalue weighted by Gasteiger charge is -2.21. The van der Waals surface area contributed by atoms with Crippen LogP contribution in [-0.2, 0) is 21.4 Å². The summed E-state index contributed by atoms with van der Waals surface area (Å²) in [6.45, 7) is 1.45. The van der Waals surface area contributed by atoms with Crippen LogP contribution in [0.15, 0.2) is 57.8 Å². The summed E-state index contributed by atoms with van der Waals surface area (Å²) >= 11 is 0. The molecular weight excluding hydrogens is 398 g/mol. The maximum Gasteiger partial charge on any atom is 0.338 e. The minimum absolute atomic E-state index is 0.0231. The Morgan fingerprint density at radius 2 is 1.79 bits per heavy atom. The van der Waals surface area contributed by atoms with Gasteiger partial charge in [-0.3, -0.25) is 4.31 Å². The van der Waals surface area contributed by atoms with Gasteiger partial charge in [0, 0.05) is 14.0 Å². The topological polar surface area (TPSA) is 112 Å². The van der Waals surface area contributed by atoms with Crippen molar-refractivity contribution in [2.24, 2.45) is 0 Å². The molecule has 2 aromatic carbocycles. The molecule has 29 heavy (non-hydrogen) atoms. The van der Waals surface area contributed by atoms with Crippen LogP contribution < -0.4 is 9.04 Å². The summed E-state index contributed by atoms with van der Waals surface area (Å²) in [7, 11) is -0.952. The highest BCUT2D eigenvalue weighted by Crippen LogP contribution is 2.30. The lowest BCUT2D eigenvalue weighted by molar-refractivity contribution is 0.0436. The molecule has 0 saturated carbocycles. The fourth-order valence-corrected chi connectivity index (χ4v) is 3.75. The number of para-hydroxylation sites is 2. The van der Waals surface area contributed by atoms with Crippen LogP contribution in [-0.4, -0.2) is 38.7 Å². The Hall–Kier alpha value is -3.40. The number of sulfonamides is 1. The molecular formula is C19H19N3O6S. The summed E-state index contributed by atoms with van der Waals surface area (Å²) in [4.78, 5) is 12.2. The number of carbonyl (C=O) groups excluding carboxylic acids is 1. The number of methoxy groups -OCH3 is 1. The molecule has 0 saturated heterocycles. The number of aryl methyl sites for hydroxylation is 1. The highest BCUT2D eigenvalue weighted by atomic mass is 32.2. The highest BCUT2D eigenvalue weighted by molar-refractivity contribution is 7.92. The van der Waals surface area contributed by atoms with Crippen molar-refractivity contribution >= 4 is 21.7 Å². The van der Waals surface area contributed by atoms with Gasteiger partial charge in [-0.15, -0.1) is 10.2 Å². The first-order valence-electron chi connectivity index (χ1n) is 8.51. The van der Waals surface area contributed by atoms with Crippen LogP contribution in [0.2, 0.25) is 0 Å². The van der Waals surface area contributed by atoms with Gasteiger partial charge in [0.05, 0.1) is 23.3 Å². The Labute approximate surface area is 167 Å². The first-order chi connectivity index (χ1) is 13.8. The molecule has 0 fully saturated rings. The van der Waals surface area contributed by atoms with E-state index in [-0.39, 0.29) is 23.0 Å². The highest BCUT2D eigenvalue weighted by Gasteiger charge is 2.24. The first-order valence-corrected chi connectivity index (χ1v) is 9.95. The van der Waals surface area contributed by atoms with Crippen molar-refractivity contribution in [2.75, 3.05) is 18.5 Å². The zero-order valence-corrected chi connectivity index (χ0v) is 16.8. The van der Waals surface area contributed by atoms with E-state index in [1.165, 1.54) is 38.4 Å². The number of ether oxygens (including phenoxy) is 2. The molecule has 0 amide bonds. The largest absolute Gasteiger partial charge is 0.495 e. The second-order valence-corrected chi connectivity index (χ2v) is 7.93. The Bertz CT molecular complexity index is 1110. The number of aromatic nitrogens is 2. The number of anilines is 1. The van der Waals surface area contributed by atoms with E-state index in [1.54, 1.807) is 31.2 Å². The molecule has 0 aliphatic rings. The second kappa shape index (κ2) is 8.31. The minimum atomic E-state index is -3.85. The Morgan fingerprint density at radius 1 is 1.10 bits per heavy atom. The molecule has 152 valence electrons. The summed E-state index contributed by atoms with van der Waals surface area (Å²) in [5.74, 6) is 0.330. The quantitative estimate of drug-likeness (QED) is 0.539. The zero-order valence-electron chi connectivity index (χ0n) is 16.0. The lowest BCUT2D eigenvalue weighted by atomic mass is 10.2. The standard InChI is InChI=1S/C19H19N3O6S/c1-13-20-21-18(28-13)12-27-19(23)14-8-10-15(11-9-14)29(24,25)22(2)16-6-4-5-7-17(16)26-3/h4-11H,12H2,1-3H3. The van der Waals surface area contributed by atoms with E-state index in [0.29, 0.717) is 17.3 Å². The second-order valence-electron chi connectivity index (χ2n) is 5.96. The molecule has 3 rings (SSSR count). The van der Waals surface area contributed by atoms with Crippen LogP contribution in [0.4, 0.5) is 5.69 Å². The van der Waals surface area contributed by atoms with Crippen molar-refractivity contribution in [1.29, 1.82) is 0 Å². The van der Waals surface area contributed by atoms with Crippen LogP contribution in [0.1, 0.15) is 22.1 Å². The summed E-state index contributed by atoms with van der Waals surface area (Å²) in [6.07, 6.45) is 0. The van der Waals surface area contributed by atoms with Crippen molar-refractivity contribution in [3.63, 3.8) is 0 Å². The summed E-state index contributed by atoms with van der Waals surface area (Å²) in [6, 6.07) is 12.2. The van der Waals surface area contributed by atoms with Crippen LogP contribution in [0.3, 0.4) is 0 Å². The molecule has 3 aromatic rings. The summed E-state index contributed by atoms with van der Waals surface area (Å²) < 4.78 is 42.4. The SMILES string of the molecule is COc1ccccc1N(C)S(=O)(=O)c1ccc(C(=O)OCc2nnc(C)o2)cc1. The van der Waals surface area contributed by atoms with E-state index in [2.05, 4.69) is 10.2 Å². The molecule has 10 heteroatoms. The van der Waals surface area contributed by atoms with Crippen LogP contribution in [0, 0.1) is 6.92 Å². The third-order valence-electron chi connectivity index (χ3n) is 4.07. The van der Waals surface area contributed by atoms with Gasteiger partial charge in [0.25, 0.3) is 15.9 Å². The Morgan fingerprint density at radius 3 is 2.41 bits per heavy atom. The zero-order chi connectivity index (χ0) is 21.0. The number of nitrogens with zero attached hydrogens (tertiary/aromatic N) is 3. The van der Waals surface area contributed by atoms with Gasteiger partial charge in [0.2, 0.25) is 5.89 Å². The fraction of sp³-hybridized carbons (Fsp3) is 0.211. The number of carbonyl (C=O) groups is 1. The maximum atomic E-state index is 12.9. The normalized spacial score (nSPS) is 11.1. The maximum absolute atomic E-state index is 12.9. The predicted octanol–water partition coefficient (Wildman–Crippen LogP) is 2.57. The van der Waals surface area contributed by atoms with Crippen molar-refractivity contribution in [3.05, 3.63) is 65.9 Å². The van der Waals surface area contributed by atoms with Crippen molar-refractivity contribution in [1.82, 2.24) is 10.2 Å². The summed E-state index contributed by atoms with van der Waals surface area (Å²) in [5.41, 5.74) is 0.591.